The van der Waals surface area contributed by atoms with Crippen molar-refractivity contribution < 1.29 is 45.1 Å². The number of aryl methyl sites for hydroxylation is 1. The maximum Gasteiger partial charge on any atom is 0.534 e. The van der Waals surface area contributed by atoms with Crippen molar-refractivity contribution in [1.82, 2.24) is 9.80 Å². The van der Waals surface area contributed by atoms with E-state index >= 15 is 0 Å². The Kier molecular flexibility index (Phi) is 8.33. The van der Waals surface area contributed by atoms with Crippen LogP contribution in [0.1, 0.15) is 70.9 Å². The molecule has 3 atom stereocenters. The molecule has 3 fully saturated rings. The van der Waals surface area contributed by atoms with E-state index in [9.17, 15) is 31.5 Å². The van der Waals surface area contributed by atoms with E-state index in [4.69, 9.17) is 9.47 Å². The molecule has 1 N–H and O–H groups in total. The molecule has 232 valence electrons. The zero-order chi connectivity index (χ0) is 30.6. The van der Waals surface area contributed by atoms with E-state index < -0.39 is 44.1 Å². The number of hydrogen-bond donors (Lipinski definition) is 1. The number of rotatable bonds is 6. The molecule has 41 heavy (non-hydrogen) atoms. The van der Waals surface area contributed by atoms with Crippen molar-refractivity contribution in [1.29, 1.82) is 0 Å². The van der Waals surface area contributed by atoms with Gasteiger partial charge in [0, 0.05) is 36.7 Å². The van der Waals surface area contributed by atoms with Gasteiger partial charge in [-0.2, -0.15) is 21.6 Å². The van der Waals surface area contributed by atoms with Crippen molar-refractivity contribution in [2.45, 2.75) is 94.9 Å². The molecular weight excluding hydrogens is 565 g/mol. The average Bonchev–Trinajstić information content (AvgIpc) is 3.67. The summed E-state index contributed by atoms with van der Waals surface area (Å²) in [7, 11) is -4.75. The normalized spacial score (nSPS) is 28.0. The van der Waals surface area contributed by atoms with Crippen LogP contribution < -0.4 is 8.92 Å². The Morgan fingerprint density at radius 2 is 1.71 bits per heavy atom. The van der Waals surface area contributed by atoms with Gasteiger partial charge in [-0.3, -0.25) is 4.90 Å². The van der Waals surface area contributed by atoms with Crippen LogP contribution in [0.25, 0.3) is 0 Å². The van der Waals surface area contributed by atoms with Crippen molar-refractivity contribution in [3.63, 3.8) is 0 Å². The number of piperidine rings is 1. The van der Waals surface area contributed by atoms with E-state index in [1.165, 1.54) is 13.2 Å². The van der Waals surface area contributed by atoms with Crippen LogP contribution in [-0.2, 0) is 20.3 Å². The van der Waals surface area contributed by atoms with Crippen LogP contribution in [0.15, 0.2) is 12.1 Å². The standard InChI is InChI=1S/C28H41F3N2O7S/c1-18-7-10-21(40-41(36,37)28(29,30)31)23(38-6)22(18)26-11-14-32(24(34)39-25(3,4)5)16-13-27(26,35)19(2)33(15-12-26)17-20-8-9-20/h7,10,19-20,35H,8-9,11-17H2,1-6H3. The highest BCUT2D eigenvalue weighted by Crippen LogP contribution is 2.56. The molecule has 0 aromatic heterocycles. The quantitative estimate of drug-likeness (QED) is 0.366. The third kappa shape index (κ3) is 5.99. The number of hydrogen-bond acceptors (Lipinski definition) is 8. The lowest BCUT2D eigenvalue weighted by atomic mass is 9.56. The van der Waals surface area contributed by atoms with Gasteiger partial charge in [0.25, 0.3) is 0 Å². The number of halogens is 3. The van der Waals surface area contributed by atoms with Crippen LogP contribution in [0.2, 0.25) is 0 Å². The molecule has 2 aliphatic heterocycles. The molecule has 0 radical (unpaired) electrons. The summed E-state index contributed by atoms with van der Waals surface area (Å²) in [5.74, 6) is -0.230. The van der Waals surface area contributed by atoms with Crippen molar-refractivity contribution in [3.05, 3.63) is 23.3 Å². The molecule has 3 unspecified atom stereocenters. The lowest BCUT2D eigenvalue weighted by molar-refractivity contribution is -0.137. The Morgan fingerprint density at radius 3 is 2.27 bits per heavy atom. The van der Waals surface area contributed by atoms with Gasteiger partial charge in [-0.1, -0.05) is 6.07 Å². The summed E-state index contributed by atoms with van der Waals surface area (Å²) < 4.78 is 79.5. The number of benzene rings is 1. The molecule has 4 rings (SSSR count). The molecule has 9 nitrogen and oxygen atoms in total. The fraction of sp³-hybridized carbons (Fsp3) is 0.750. The number of methoxy groups -OCH3 is 1. The molecule has 1 saturated carbocycles. The Balaban J connectivity index is 1.85. The van der Waals surface area contributed by atoms with E-state index in [2.05, 4.69) is 9.08 Å². The highest BCUT2D eigenvalue weighted by Gasteiger charge is 2.61. The van der Waals surface area contributed by atoms with Gasteiger partial charge >= 0.3 is 21.7 Å². The number of aliphatic hydroxyl groups is 1. The smallest absolute Gasteiger partial charge is 0.492 e. The van der Waals surface area contributed by atoms with Crippen LogP contribution in [0, 0.1) is 12.8 Å². The summed E-state index contributed by atoms with van der Waals surface area (Å²) in [5, 5.41) is 12.8. The molecular formula is C28H41F3N2O7S. The second-order valence-corrected chi connectivity index (χ2v) is 14.1. The van der Waals surface area contributed by atoms with Crippen LogP contribution in [0.4, 0.5) is 18.0 Å². The van der Waals surface area contributed by atoms with Crippen LogP contribution in [-0.4, -0.2) is 85.5 Å². The number of carbonyl (C=O) groups is 1. The summed E-state index contributed by atoms with van der Waals surface area (Å²) >= 11 is 0. The van der Waals surface area contributed by atoms with Gasteiger partial charge in [-0.15, -0.1) is 0 Å². The number of carbonyl (C=O) groups excluding carboxylic acids is 1. The van der Waals surface area contributed by atoms with Gasteiger partial charge < -0.3 is 23.7 Å². The topological polar surface area (TPSA) is 106 Å². The van der Waals surface area contributed by atoms with Gasteiger partial charge in [0.15, 0.2) is 11.5 Å². The number of nitrogens with zero attached hydrogens (tertiary/aromatic N) is 2. The summed E-state index contributed by atoms with van der Waals surface area (Å²) in [5.41, 5.74) is -7.92. The first-order valence-electron chi connectivity index (χ1n) is 14.0. The van der Waals surface area contributed by atoms with Crippen LogP contribution in [0.5, 0.6) is 11.5 Å². The lowest BCUT2D eigenvalue weighted by Crippen LogP contribution is -2.68. The van der Waals surface area contributed by atoms with Crippen LogP contribution >= 0.6 is 0 Å². The molecule has 13 heteroatoms. The first-order chi connectivity index (χ1) is 18.8. The van der Waals surface area contributed by atoms with E-state index in [0.717, 1.165) is 25.5 Å². The molecule has 1 aromatic rings. The van der Waals surface area contributed by atoms with E-state index in [0.29, 0.717) is 30.0 Å². The zero-order valence-electron chi connectivity index (χ0n) is 24.5. The number of fused-ring (bicyclic) bond motifs is 1. The van der Waals surface area contributed by atoms with Crippen molar-refractivity contribution >= 4 is 16.2 Å². The van der Waals surface area contributed by atoms with Gasteiger partial charge in [-0.05, 0) is 90.8 Å². The average molecular weight is 607 g/mol. The minimum absolute atomic E-state index is 0.170. The Bertz CT molecular complexity index is 1260. The Hall–Kier alpha value is -2.25. The SMILES string of the molecule is COc1c(OS(=O)(=O)C(F)(F)F)ccc(C)c1C12CCN(C(=O)OC(C)(C)C)CCC1(O)C(C)N(CC1CC1)CC2. The summed E-state index contributed by atoms with van der Waals surface area (Å²) in [6.07, 6.45) is 2.56. The molecule has 1 aromatic carbocycles. The minimum atomic E-state index is -5.98. The number of likely N-dealkylation sites (tertiary alicyclic amines) is 2. The zero-order valence-corrected chi connectivity index (χ0v) is 25.3. The van der Waals surface area contributed by atoms with Gasteiger partial charge in [0.05, 0.1) is 12.7 Å². The van der Waals surface area contributed by atoms with Gasteiger partial charge in [0.2, 0.25) is 0 Å². The fourth-order valence-corrected chi connectivity index (χ4v) is 6.99. The first kappa shape index (κ1) is 31.7. The third-order valence-electron chi connectivity index (χ3n) is 8.80. The summed E-state index contributed by atoms with van der Waals surface area (Å²) in [4.78, 5) is 16.9. The largest absolute Gasteiger partial charge is 0.534 e. The molecule has 1 aliphatic carbocycles. The highest BCUT2D eigenvalue weighted by atomic mass is 32.2. The summed E-state index contributed by atoms with van der Waals surface area (Å²) in [6, 6.07) is 2.24. The minimum Gasteiger partial charge on any atom is -0.492 e. The number of alkyl halides is 3. The highest BCUT2D eigenvalue weighted by molar-refractivity contribution is 7.88. The Morgan fingerprint density at radius 1 is 1.10 bits per heavy atom. The fourth-order valence-electron chi connectivity index (χ4n) is 6.53. The monoisotopic (exact) mass is 606 g/mol. The van der Waals surface area contributed by atoms with E-state index in [1.807, 2.05) is 6.92 Å². The molecule has 3 aliphatic rings. The molecule has 2 saturated heterocycles. The molecule has 0 bridgehead atoms. The third-order valence-corrected chi connectivity index (χ3v) is 9.77. The predicted octanol–water partition coefficient (Wildman–Crippen LogP) is 4.74. The van der Waals surface area contributed by atoms with Crippen molar-refractivity contribution in [3.8, 4) is 11.5 Å². The second kappa shape index (κ2) is 10.8. The molecule has 0 spiro atoms. The van der Waals surface area contributed by atoms with E-state index in [1.54, 1.807) is 32.6 Å². The van der Waals surface area contributed by atoms with Crippen molar-refractivity contribution in [2.24, 2.45) is 5.92 Å². The summed E-state index contributed by atoms with van der Waals surface area (Å²) in [6.45, 7) is 10.8. The second-order valence-electron chi connectivity index (χ2n) is 12.6. The maximum absolute atomic E-state index is 13.3. The maximum atomic E-state index is 13.3. The van der Waals surface area contributed by atoms with Gasteiger partial charge in [-0.25, -0.2) is 4.79 Å². The van der Waals surface area contributed by atoms with Gasteiger partial charge in [0.1, 0.15) is 5.60 Å². The lowest BCUT2D eigenvalue weighted by Gasteiger charge is -2.58. The number of amides is 1. The van der Waals surface area contributed by atoms with E-state index in [-0.39, 0.29) is 37.7 Å². The Labute approximate surface area is 240 Å². The predicted molar refractivity (Wildman–Crippen MR) is 145 cm³/mol. The number of ether oxygens (including phenoxy) is 2. The van der Waals surface area contributed by atoms with Crippen LogP contribution in [0.3, 0.4) is 0 Å². The first-order valence-corrected chi connectivity index (χ1v) is 15.4. The molecule has 2 heterocycles. The van der Waals surface area contributed by atoms with Crippen molar-refractivity contribution in [2.75, 3.05) is 33.3 Å². The molecule has 1 amide bonds.